The molecule has 0 bridgehead atoms. The number of allylic oxidation sites excluding steroid dienone is 1. The molecule has 1 aromatic carbocycles. The summed E-state index contributed by atoms with van der Waals surface area (Å²) in [5.41, 5.74) is 7.35. The molecule has 21 heavy (non-hydrogen) atoms. The van der Waals surface area contributed by atoms with Crippen LogP contribution in [0.3, 0.4) is 0 Å². The van der Waals surface area contributed by atoms with Crippen molar-refractivity contribution >= 4 is 27.3 Å². The molecule has 0 aliphatic carbocycles. The molecule has 1 atom stereocenters. The smallest absolute Gasteiger partial charge is 0.442 e. The molecule has 0 saturated heterocycles. The van der Waals surface area contributed by atoms with E-state index in [1.54, 1.807) is 6.07 Å². The fourth-order valence-corrected chi connectivity index (χ4v) is 3.30. The van der Waals surface area contributed by atoms with Gasteiger partial charge in [-0.2, -0.15) is 4.79 Å². The summed E-state index contributed by atoms with van der Waals surface area (Å²) < 4.78 is 24.8. The molecule has 0 heterocycles. The Bertz CT molecular complexity index is 718. The van der Waals surface area contributed by atoms with Gasteiger partial charge in [0.1, 0.15) is 5.25 Å². The lowest BCUT2D eigenvalue weighted by molar-refractivity contribution is -0.136. The van der Waals surface area contributed by atoms with Crippen LogP contribution in [-0.2, 0) is 19.4 Å². The molecule has 8 heteroatoms. The van der Waals surface area contributed by atoms with E-state index in [4.69, 9.17) is 10.6 Å². The number of benzene rings is 1. The van der Waals surface area contributed by atoms with E-state index >= 15 is 0 Å². The van der Waals surface area contributed by atoms with Gasteiger partial charge in [-0.1, -0.05) is 24.3 Å². The molecule has 0 saturated carbocycles. The number of sulfone groups is 1. The lowest BCUT2D eigenvalue weighted by atomic mass is 10.1. The molecule has 0 radical (unpaired) electrons. The van der Waals surface area contributed by atoms with Gasteiger partial charge in [0.25, 0.3) is 5.78 Å². The van der Waals surface area contributed by atoms with Crippen molar-refractivity contribution in [3.63, 3.8) is 0 Å². The van der Waals surface area contributed by atoms with Gasteiger partial charge >= 0.3 is 11.7 Å². The lowest BCUT2D eigenvalue weighted by Crippen LogP contribution is -2.39. The third-order valence-electron chi connectivity index (χ3n) is 2.66. The van der Waals surface area contributed by atoms with Crippen molar-refractivity contribution in [3.8, 4) is 0 Å². The van der Waals surface area contributed by atoms with E-state index in [0.29, 0.717) is 0 Å². The number of carbonyl (C=O) groups excluding carboxylic acids is 1. The molecule has 0 aliphatic rings. The standard InChI is InChI=1S/C13H12N2O5S/c1-2-6-10(12(16)11(15-14)13(17)18)21(19,20)9-7-4-3-5-8-9/h2-5,7-8,10H,1,6H2,(H,17,18). The molecule has 1 rings (SSSR count). The van der Waals surface area contributed by atoms with E-state index < -0.39 is 32.6 Å². The van der Waals surface area contributed by atoms with Crippen molar-refractivity contribution in [3.05, 3.63) is 48.5 Å². The Hall–Kier alpha value is -2.57. The van der Waals surface area contributed by atoms with Gasteiger partial charge < -0.3 is 10.6 Å². The van der Waals surface area contributed by atoms with Crippen molar-refractivity contribution in [2.45, 2.75) is 16.6 Å². The first-order valence-corrected chi connectivity index (χ1v) is 7.30. The van der Waals surface area contributed by atoms with Crippen molar-refractivity contribution in [2.75, 3.05) is 0 Å². The van der Waals surface area contributed by atoms with Gasteiger partial charge in [0.2, 0.25) is 0 Å². The van der Waals surface area contributed by atoms with Crippen molar-refractivity contribution < 1.29 is 27.9 Å². The van der Waals surface area contributed by atoms with Crippen LogP contribution in [-0.4, -0.2) is 41.0 Å². The van der Waals surface area contributed by atoms with Crippen LogP contribution < -0.4 is 0 Å². The molecule has 0 aromatic heterocycles. The lowest BCUT2D eigenvalue weighted by Gasteiger charge is -2.12. The normalized spacial score (nSPS) is 12.0. The summed E-state index contributed by atoms with van der Waals surface area (Å²) in [6, 6.07) is 7.12. The third-order valence-corrected chi connectivity index (χ3v) is 4.74. The fraction of sp³-hybridized carbons (Fsp3) is 0.154. The molecule has 0 spiro atoms. The van der Waals surface area contributed by atoms with E-state index in [0.717, 1.165) is 0 Å². The number of carboxylic acid groups (broad SMARTS) is 1. The van der Waals surface area contributed by atoms with E-state index in [9.17, 15) is 18.0 Å². The maximum Gasteiger partial charge on any atom is 0.442 e. The summed E-state index contributed by atoms with van der Waals surface area (Å²) in [6.07, 6.45) is 0.877. The quantitative estimate of drug-likeness (QED) is 0.261. The number of ketones is 1. The van der Waals surface area contributed by atoms with E-state index in [2.05, 4.69) is 11.4 Å². The van der Waals surface area contributed by atoms with Crippen LogP contribution >= 0.6 is 0 Å². The Kier molecular flexibility index (Phi) is 5.29. The first-order valence-electron chi connectivity index (χ1n) is 5.75. The van der Waals surface area contributed by atoms with Gasteiger partial charge in [-0.15, -0.1) is 6.58 Å². The van der Waals surface area contributed by atoms with Crippen LogP contribution in [0.2, 0.25) is 0 Å². The maximum atomic E-state index is 12.4. The first-order chi connectivity index (χ1) is 9.86. The number of hydrogen-bond donors (Lipinski definition) is 1. The summed E-state index contributed by atoms with van der Waals surface area (Å²) in [5.74, 6) is -3.10. The molecular weight excluding hydrogens is 296 g/mol. The van der Waals surface area contributed by atoms with Crippen LogP contribution in [0.4, 0.5) is 0 Å². The zero-order chi connectivity index (χ0) is 16.0. The highest BCUT2D eigenvalue weighted by Crippen LogP contribution is 2.19. The second-order valence-electron chi connectivity index (χ2n) is 3.99. The largest absolute Gasteiger partial charge is 0.472 e. The van der Waals surface area contributed by atoms with Gasteiger partial charge in [-0.25, -0.2) is 13.2 Å². The molecule has 0 amide bonds. The topological polar surface area (TPSA) is 125 Å². The second-order valence-corrected chi connectivity index (χ2v) is 6.12. The number of hydrogen-bond acceptors (Lipinski definition) is 4. The van der Waals surface area contributed by atoms with Gasteiger partial charge in [0, 0.05) is 0 Å². The number of nitrogens with zero attached hydrogens (tertiary/aromatic N) is 2. The minimum absolute atomic E-state index is 0.132. The van der Waals surface area contributed by atoms with Crippen LogP contribution in [0.25, 0.3) is 5.53 Å². The minimum atomic E-state index is -4.13. The molecule has 1 N–H and O–H groups in total. The molecule has 1 aromatic rings. The average molecular weight is 308 g/mol. The maximum absolute atomic E-state index is 12.4. The van der Waals surface area contributed by atoms with Gasteiger partial charge in [-0.3, -0.25) is 4.79 Å². The Morgan fingerprint density at radius 1 is 1.33 bits per heavy atom. The minimum Gasteiger partial charge on any atom is -0.472 e. The Labute approximate surface area is 121 Å². The summed E-state index contributed by atoms with van der Waals surface area (Å²) >= 11 is 0. The number of carboxylic acids is 1. The molecule has 7 nitrogen and oxygen atoms in total. The predicted molar refractivity (Wildman–Crippen MR) is 73.5 cm³/mol. The summed E-state index contributed by atoms with van der Waals surface area (Å²) in [5, 5.41) is 7.06. The predicted octanol–water partition coefficient (Wildman–Crippen LogP) is 0.729. The number of carbonyl (C=O) groups is 2. The molecule has 1 unspecified atom stereocenters. The van der Waals surface area contributed by atoms with E-state index in [-0.39, 0.29) is 11.3 Å². The molecular formula is C13H12N2O5S. The van der Waals surface area contributed by atoms with E-state index in [1.807, 2.05) is 0 Å². The molecule has 0 fully saturated rings. The van der Waals surface area contributed by atoms with E-state index in [1.165, 1.54) is 30.3 Å². The van der Waals surface area contributed by atoms with Crippen molar-refractivity contribution in [1.29, 1.82) is 0 Å². The summed E-state index contributed by atoms with van der Waals surface area (Å²) in [6.45, 7) is 3.35. The van der Waals surface area contributed by atoms with Crippen molar-refractivity contribution in [1.82, 2.24) is 0 Å². The average Bonchev–Trinajstić information content (AvgIpc) is 2.45. The SMILES string of the molecule is C=CCC(C(=O)C(=[N+]=[N-])C(=O)O)S(=O)(=O)c1ccccc1. The number of rotatable bonds is 7. The third kappa shape index (κ3) is 3.50. The zero-order valence-electron chi connectivity index (χ0n) is 10.8. The number of Topliss-reactive ketones (excluding diaryl/α,β-unsaturated/α-hetero) is 1. The Balaban J connectivity index is 3.37. The van der Waals surface area contributed by atoms with Crippen LogP contribution in [0.1, 0.15) is 6.42 Å². The summed E-state index contributed by atoms with van der Waals surface area (Å²) in [4.78, 5) is 25.1. The Morgan fingerprint density at radius 2 is 1.90 bits per heavy atom. The van der Waals surface area contributed by atoms with Crippen LogP contribution in [0.5, 0.6) is 0 Å². The monoisotopic (exact) mass is 308 g/mol. The summed E-state index contributed by atoms with van der Waals surface area (Å²) in [7, 11) is -4.13. The van der Waals surface area contributed by atoms with Crippen LogP contribution in [0, 0.1) is 0 Å². The van der Waals surface area contributed by atoms with Crippen LogP contribution in [0.15, 0.2) is 47.9 Å². The molecule has 110 valence electrons. The number of aliphatic carboxylic acids is 1. The van der Waals surface area contributed by atoms with Gasteiger partial charge in [-0.05, 0) is 18.6 Å². The highest BCUT2D eigenvalue weighted by Gasteiger charge is 2.42. The van der Waals surface area contributed by atoms with Gasteiger partial charge in [0.15, 0.2) is 9.84 Å². The first kappa shape index (κ1) is 16.5. The second kappa shape index (κ2) is 6.74. The molecule has 0 aliphatic heterocycles. The fourth-order valence-electron chi connectivity index (χ4n) is 1.65. The Morgan fingerprint density at radius 3 is 2.33 bits per heavy atom. The highest BCUT2D eigenvalue weighted by atomic mass is 32.2. The zero-order valence-corrected chi connectivity index (χ0v) is 11.7. The van der Waals surface area contributed by atoms with Gasteiger partial charge in [0.05, 0.1) is 4.90 Å². The van der Waals surface area contributed by atoms with Crippen molar-refractivity contribution in [2.24, 2.45) is 0 Å². The highest BCUT2D eigenvalue weighted by molar-refractivity contribution is 7.93.